The normalized spacial score (nSPS) is 23.9. The molecule has 0 saturated carbocycles. The molecule has 0 amide bonds. The Bertz CT molecular complexity index is 530. The quantitative estimate of drug-likeness (QED) is 0.888. The number of piperidine rings is 1. The molecule has 0 spiro atoms. The van der Waals surface area contributed by atoms with Gasteiger partial charge < -0.3 is 5.11 Å². The van der Waals surface area contributed by atoms with Crippen LogP contribution in [-0.4, -0.2) is 48.7 Å². The molecule has 0 aromatic carbocycles. The first kappa shape index (κ1) is 13.2. The van der Waals surface area contributed by atoms with Crippen molar-refractivity contribution in [2.75, 3.05) is 13.1 Å². The SMILES string of the molecule is OC1(Cn2ccnn2)CCCN(Cc2ccccn2)C1. The van der Waals surface area contributed by atoms with Crippen LogP contribution in [0.1, 0.15) is 18.5 Å². The molecule has 1 N–H and O–H groups in total. The molecule has 6 heteroatoms. The summed E-state index contributed by atoms with van der Waals surface area (Å²) in [4.78, 5) is 6.60. The van der Waals surface area contributed by atoms with Crippen molar-refractivity contribution in [1.29, 1.82) is 0 Å². The first-order valence-electron chi connectivity index (χ1n) is 6.92. The van der Waals surface area contributed by atoms with E-state index in [0.29, 0.717) is 13.1 Å². The molecule has 1 saturated heterocycles. The second kappa shape index (κ2) is 5.68. The summed E-state index contributed by atoms with van der Waals surface area (Å²) in [5.41, 5.74) is 0.304. The predicted molar refractivity (Wildman–Crippen MR) is 73.7 cm³/mol. The van der Waals surface area contributed by atoms with Gasteiger partial charge in [-0.3, -0.25) is 9.88 Å². The second-order valence-electron chi connectivity index (χ2n) is 5.46. The zero-order valence-corrected chi connectivity index (χ0v) is 11.4. The van der Waals surface area contributed by atoms with Crippen molar-refractivity contribution in [2.24, 2.45) is 0 Å². The average molecular weight is 273 g/mol. The number of hydrogen-bond donors (Lipinski definition) is 1. The molecule has 20 heavy (non-hydrogen) atoms. The van der Waals surface area contributed by atoms with E-state index in [-0.39, 0.29) is 0 Å². The fourth-order valence-corrected chi connectivity index (χ4v) is 2.81. The third kappa shape index (κ3) is 3.20. The molecule has 0 radical (unpaired) electrons. The highest BCUT2D eigenvalue weighted by Crippen LogP contribution is 2.23. The molecule has 1 fully saturated rings. The Balaban J connectivity index is 1.64. The van der Waals surface area contributed by atoms with E-state index in [0.717, 1.165) is 31.6 Å². The van der Waals surface area contributed by atoms with Crippen molar-refractivity contribution >= 4 is 0 Å². The van der Waals surface area contributed by atoms with E-state index in [1.807, 2.05) is 18.2 Å². The molecule has 0 aliphatic carbocycles. The van der Waals surface area contributed by atoms with Gasteiger partial charge in [0.1, 0.15) is 0 Å². The van der Waals surface area contributed by atoms with Crippen LogP contribution in [0.4, 0.5) is 0 Å². The van der Waals surface area contributed by atoms with Crippen LogP contribution < -0.4 is 0 Å². The molecular weight excluding hydrogens is 254 g/mol. The molecule has 6 nitrogen and oxygen atoms in total. The van der Waals surface area contributed by atoms with E-state index in [4.69, 9.17) is 0 Å². The summed E-state index contributed by atoms with van der Waals surface area (Å²) in [6.07, 6.45) is 7.01. The van der Waals surface area contributed by atoms with Crippen LogP contribution in [0.15, 0.2) is 36.8 Å². The minimum Gasteiger partial charge on any atom is -0.387 e. The van der Waals surface area contributed by atoms with E-state index in [1.165, 1.54) is 0 Å². The van der Waals surface area contributed by atoms with Gasteiger partial charge in [0.2, 0.25) is 0 Å². The number of pyridine rings is 1. The van der Waals surface area contributed by atoms with E-state index >= 15 is 0 Å². The van der Waals surface area contributed by atoms with Gasteiger partial charge in [-0.15, -0.1) is 5.10 Å². The maximum Gasteiger partial charge on any atom is 0.0970 e. The molecule has 3 heterocycles. The summed E-state index contributed by atoms with van der Waals surface area (Å²) >= 11 is 0. The van der Waals surface area contributed by atoms with Crippen LogP contribution in [0.2, 0.25) is 0 Å². The van der Waals surface area contributed by atoms with Crippen LogP contribution in [0.25, 0.3) is 0 Å². The molecule has 1 atom stereocenters. The minimum absolute atomic E-state index is 0.492. The first-order valence-corrected chi connectivity index (χ1v) is 6.92. The van der Waals surface area contributed by atoms with Gasteiger partial charge in [0, 0.05) is 25.5 Å². The van der Waals surface area contributed by atoms with Crippen molar-refractivity contribution in [1.82, 2.24) is 24.9 Å². The number of likely N-dealkylation sites (tertiary alicyclic amines) is 1. The van der Waals surface area contributed by atoms with Crippen LogP contribution >= 0.6 is 0 Å². The van der Waals surface area contributed by atoms with Gasteiger partial charge >= 0.3 is 0 Å². The highest BCUT2D eigenvalue weighted by molar-refractivity contribution is 5.04. The fourth-order valence-electron chi connectivity index (χ4n) is 2.81. The summed E-state index contributed by atoms with van der Waals surface area (Å²) in [7, 11) is 0. The number of hydrogen-bond acceptors (Lipinski definition) is 5. The van der Waals surface area contributed by atoms with E-state index in [9.17, 15) is 5.11 Å². The van der Waals surface area contributed by atoms with E-state index < -0.39 is 5.60 Å². The Morgan fingerprint density at radius 3 is 3.00 bits per heavy atom. The molecule has 1 aliphatic heterocycles. The Morgan fingerprint density at radius 2 is 2.25 bits per heavy atom. The van der Waals surface area contributed by atoms with Crippen molar-refractivity contribution < 1.29 is 5.11 Å². The van der Waals surface area contributed by atoms with Crippen molar-refractivity contribution in [3.8, 4) is 0 Å². The van der Waals surface area contributed by atoms with Gasteiger partial charge in [0.15, 0.2) is 0 Å². The Kier molecular flexibility index (Phi) is 3.75. The zero-order chi connectivity index (χ0) is 13.8. The molecular formula is C14H19N5O. The van der Waals surface area contributed by atoms with Gasteiger partial charge in [-0.25, -0.2) is 4.68 Å². The van der Waals surface area contributed by atoms with Gasteiger partial charge in [0.25, 0.3) is 0 Å². The monoisotopic (exact) mass is 273 g/mol. The molecule has 0 bridgehead atoms. The lowest BCUT2D eigenvalue weighted by atomic mass is 9.92. The average Bonchev–Trinajstić information content (AvgIpc) is 2.92. The second-order valence-corrected chi connectivity index (χ2v) is 5.46. The number of aliphatic hydroxyl groups is 1. The third-order valence-corrected chi connectivity index (χ3v) is 3.67. The number of nitrogens with zero attached hydrogens (tertiary/aromatic N) is 5. The Morgan fingerprint density at radius 1 is 1.30 bits per heavy atom. The highest BCUT2D eigenvalue weighted by Gasteiger charge is 2.34. The summed E-state index contributed by atoms with van der Waals surface area (Å²) in [5.74, 6) is 0. The first-order chi connectivity index (χ1) is 9.73. The molecule has 106 valence electrons. The van der Waals surface area contributed by atoms with Crippen LogP contribution in [0.3, 0.4) is 0 Å². The fraction of sp³-hybridized carbons (Fsp3) is 0.500. The summed E-state index contributed by atoms with van der Waals surface area (Å²) in [5, 5.41) is 18.5. The van der Waals surface area contributed by atoms with Gasteiger partial charge in [0.05, 0.1) is 24.0 Å². The zero-order valence-electron chi connectivity index (χ0n) is 11.4. The Labute approximate surface area is 118 Å². The van der Waals surface area contributed by atoms with Crippen LogP contribution in [0, 0.1) is 0 Å². The van der Waals surface area contributed by atoms with Gasteiger partial charge in [-0.1, -0.05) is 11.3 Å². The number of β-amino-alcohol motifs (C(OH)–C–C–N with tert-alkyl or cyclic N) is 1. The molecule has 1 unspecified atom stereocenters. The van der Waals surface area contributed by atoms with E-state index in [2.05, 4.69) is 20.2 Å². The minimum atomic E-state index is -0.735. The van der Waals surface area contributed by atoms with Crippen LogP contribution in [-0.2, 0) is 13.1 Å². The summed E-state index contributed by atoms with van der Waals surface area (Å²) < 4.78 is 1.70. The summed E-state index contributed by atoms with van der Waals surface area (Å²) in [6.45, 7) is 2.91. The topological polar surface area (TPSA) is 67.1 Å². The Hall–Kier alpha value is -1.79. The summed E-state index contributed by atoms with van der Waals surface area (Å²) in [6, 6.07) is 5.93. The maximum absolute atomic E-state index is 10.7. The lowest BCUT2D eigenvalue weighted by Gasteiger charge is -2.38. The van der Waals surface area contributed by atoms with Crippen LogP contribution in [0.5, 0.6) is 0 Å². The lowest BCUT2D eigenvalue weighted by Crippen LogP contribution is -2.50. The standard InChI is InChI=1S/C14H19N5O/c20-14(12-19-9-7-16-17-19)5-3-8-18(11-14)10-13-4-1-2-6-15-13/h1-2,4,6-7,9,20H,3,5,8,10-12H2. The smallest absolute Gasteiger partial charge is 0.0970 e. The predicted octanol–water partition coefficient (Wildman–Crippen LogP) is 0.700. The number of rotatable bonds is 4. The largest absolute Gasteiger partial charge is 0.387 e. The van der Waals surface area contributed by atoms with Crippen molar-refractivity contribution in [3.63, 3.8) is 0 Å². The molecule has 3 rings (SSSR count). The number of aromatic nitrogens is 4. The third-order valence-electron chi connectivity index (χ3n) is 3.67. The molecule has 1 aliphatic rings. The van der Waals surface area contributed by atoms with Gasteiger partial charge in [-0.2, -0.15) is 0 Å². The highest BCUT2D eigenvalue weighted by atomic mass is 16.3. The van der Waals surface area contributed by atoms with Crippen molar-refractivity contribution in [3.05, 3.63) is 42.5 Å². The van der Waals surface area contributed by atoms with E-state index in [1.54, 1.807) is 23.3 Å². The van der Waals surface area contributed by atoms with Gasteiger partial charge in [-0.05, 0) is 31.5 Å². The maximum atomic E-state index is 10.7. The molecule has 2 aromatic heterocycles. The lowest BCUT2D eigenvalue weighted by molar-refractivity contribution is -0.0481. The molecule has 2 aromatic rings. The van der Waals surface area contributed by atoms with Crippen molar-refractivity contribution in [2.45, 2.75) is 31.5 Å².